The molecule has 3 heteroatoms. The number of allylic oxidation sites excluding steroid dienone is 2. The molecule has 2 atom stereocenters. The summed E-state index contributed by atoms with van der Waals surface area (Å²) >= 11 is 0. The summed E-state index contributed by atoms with van der Waals surface area (Å²) in [6, 6.07) is 28.6. The Hall–Kier alpha value is -1.60. The molecule has 27 heavy (non-hydrogen) atoms. The predicted octanol–water partition coefficient (Wildman–Crippen LogP) is 3.79. The third-order valence-corrected chi connectivity index (χ3v) is 5.63. The molecule has 0 heterocycles. The van der Waals surface area contributed by atoms with Crippen molar-refractivity contribution in [2.45, 2.75) is 11.6 Å². The first-order valence-electron chi connectivity index (χ1n) is 9.01. The summed E-state index contributed by atoms with van der Waals surface area (Å²) in [5, 5.41) is 0. The van der Waals surface area contributed by atoms with E-state index in [2.05, 4.69) is 103 Å². The van der Waals surface area contributed by atoms with Gasteiger partial charge in [0.2, 0.25) is 0 Å². The van der Waals surface area contributed by atoms with Crippen LogP contribution in [0.25, 0.3) is 12.2 Å². The first-order chi connectivity index (χ1) is 12.4. The zero-order chi connectivity index (χ0) is 16.6. The van der Waals surface area contributed by atoms with Crippen LogP contribution in [0.2, 0.25) is 0 Å². The van der Waals surface area contributed by atoms with E-state index < -0.39 is 0 Å². The number of hydrogen-bond donors (Lipinski definition) is 0. The van der Waals surface area contributed by atoms with E-state index in [1.165, 1.54) is 27.7 Å². The van der Waals surface area contributed by atoms with Crippen molar-refractivity contribution in [3.8, 4) is 0 Å². The minimum absolute atomic E-state index is 0. The van der Waals surface area contributed by atoms with E-state index in [9.17, 15) is 0 Å². The van der Waals surface area contributed by atoms with Crippen molar-refractivity contribution in [1.82, 2.24) is 0 Å². The van der Waals surface area contributed by atoms with Crippen LogP contribution < -0.4 is 5.46 Å². The fourth-order valence-electron chi connectivity index (χ4n) is 4.49. The summed E-state index contributed by atoms with van der Waals surface area (Å²) in [4.78, 5) is 0. The van der Waals surface area contributed by atoms with Crippen LogP contribution in [0, 0.1) is 0 Å². The SMILES string of the molecule is C1=CC(B(c2ccccc2)C2C=Cc3ccccc32)c2ccccc21.[LiH].[LiH]. The molecular formula is C24H21BLi2. The molecule has 0 bridgehead atoms. The van der Waals surface area contributed by atoms with Gasteiger partial charge in [-0.25, -0.2) is 0 Å². The molecule has 0 saturated carbocycles. The zero-order valence-electron chi connectivity index (χ0n) is 14.0. The van der Waals surface area contributed by atoms with E-state index >= 15 is 0 Å². The fourth-order valence-corrected chi connectivity index (χ4v) is 4.49. The molecule has 2 aliphatic carbocycles. The molecule has 0 aromatic heterocycles. The topological polar surface area (TPSA) is 0 Å². The number of rotatable bonds is 3. The Balaban J connectivity index is 0.00000105. The van der Waals surface area contributed by atoms with Gasteiger partial charge in [-0.1, -0.05) is 109 Å². The monoisotopic (exact) mass is 334 g/mol. The minimum atomic E-state index is 0. The van der Waals surface area contributed by atoms with Gasteiger partial charge in [-0.05, 0) is 33.9 Å². The van der Waals surface area contributed by atoms with Crippen LogP contribution in [0.3, 0.4) is 0 Å². The Morgan fingerprint density at radius 1 is 0.519 bits per heavy atom. The Labute approximate surface area is 186 Å². The average molecular weight is 334 g/mol. The molecule has 0 radical (unpaired) electrons. The molecule has 0 nitrogen and oxygen atoms in total. The quantitative estimate of drug-likeness (QED) is 0.640. The second kappa shape index (κ2) is 8.61. The van der Waals surface area contributed by atoms with Gasteiger partial charge < -0.3 is 0 Å². The maximum atomic E-state index is 2.40. The van der Waals surface area contributed by atoms with E-state index in [1.807, 2.05) is 0 Å². The third-order valence-electron chi connectivity index (χ3n) is 5.63. The molecule has 0 aliphatic heterocycles. The molecule has 2 aliphatic rings. The molecule has 0 amide bonds. The van der Waals surface area contributed by atoms with Crippen molar-refractivity contribution in [2.24, 2.45) is 0 Å². The second-order valence-corrected chi connectivity index (χ2v) is 6.96. The Morgan fingerprint density at radius 3 is 1.48 bits per heavy atom. The van der Waals surface area contributed by atoms with Gasteiger partial charge in [-0.15, -0.1) is 0 Å². The summed E-state index contributed by atoms with van der Waals surface area (Å²) in [6.07, 6.45) is 9.38. The summed E-state index contributed by atoms with van der Waals surface area (Å²) in [5.41, 5.74) is 7.05. The second-order valence-electron chi connectivity index (χ2n) is 6.96. The summed E-state index contributed by atoms with van der Waals surface area (Å²) in [7, 11) is 0. The van der Waals surface area contributed by atoms with Crippen LogP contribution in [0.15, 0.2) is 91.0 Å². The zero-order valence-corrected chi connectivity index (χ0v) is 14.0. The van der Waals surface area contributed by atoms with Crippen LogP contribution in [0.5, 0.6) is 0 Å². The van der Waals surface area contributed by atoms with Crippen molar-refractivity contribution in [2.75, 3.05) is 0 Å². The molecule has 5 rings (SSSR count). The van der Waals surface area contributed by atoms with E-state index in [0.717, 1.165) is 0 Å². The number of fused-ring (bicyclic) bond motifs is 2. The fraction of sp³-hybridized carbons (Fsp3) is 0.0833. The van der Waals surface area contributed by atoms with E-state index in [1.54, 1.807) is 0 Å². The number of benzene rings is 3. The van der Waals surface area contributed by atoms with Gasteiger partial charge in [0.1, 0.15) is 0 Å². The third kappa shape index (κ3) is 3.59. The van der Waals surface area contributed by atoms with Crippen LogP contribution in [0.1, 0.15) is 33.9 Å². The Bertz CT molecular complexity index is 917. The molecule has 0 N–H and O–H groups in total. The van der Waals surface area contributed by atoms with E-state index in [4.69, 9.17) is 0 Å². The van der Waals surface area contributed by atoms with Crippen LogP contribution in [0.4, 0.5) is 0 Å². The molecule has 3 aromatic carbocycles. The summed E-state index contributed by atoms with van der Waals surface area (Å²) < 4.78 is 0. The molecule has 122 valence electrons. The number of hydrogen-bond acceptors (Lipinski definition) is 0. The van der Waals surface area contributed by atoms with E-state index in [0.29, 0.717) is 18.3 Å². The molecular weight excluding hydrogens is 313 g/mol. The molecule has 3 aromatic rings. The van der Waals surface area contributed by atoms with Gasteiger partial charge in [0, 0.05) is 0 Å². The van der Waals surface area contributed by atoms with Gasteiger partial charge in [0.25, 0.3) is 0 Å². The molecule has 0 saturated heterocycles. The van der Waals surface area contributed by atoms with Gasteiger partial charge in [-0.2, -0.15) is 0 Å². The predicted molar refractivity (Wildman–Crippen MR) is 123 cm³/mol. The average Bonchev–Trinajstić information content (AvgIpc) is 3.29. The summed E-state index contributed by atoms with van der Waals surface area (Å²) in [6.45, 7) is 0.418. The molecule has 0 spiro atoms. The maximum absolute atomic E-state index is 2.40. The first kappa shape index (κ1) is 20.1. The van der Waals surface area contributed by atoms with Crippen molar-refractivity contribution in [3.63, 3.8) is 0 Å². The normalized spacial score (nSPS) is 18.2. The molecule has 0 fully saturated rings. The van der Waals surface area contributed by atoms with Crippen molar-refractivity contribution >= 4 is 62.0 Å². The van der Waals surface area contributed by atoms with Crippen LogP contribution in [-0.4, -0.2) is 44.4 Å². The van der Waals surface area contributed by atoms with Gasteiger partial charge in [0.15, 0.2) is 6.71 Å². The van der Waals surface area contributed by atoms with Gasteiger partial charge in [0.05, 0.1) is 0 Å². The van der Waals surface area contributed by atoms with E-state index in [-0.39, 0.29) is 37.7 Å². The summed E-state index contributed by atoms with van der Waals surface area (Å²) in [5.74, 6) is 0.832. The standard InChI is InChI=1S/C24H19B.2Li.2H/c1-2-10-20(11-3-1)25(23-16-14-18-8-4-6-12-21(18)23)24-17-15-19-9-5-7-13-22(19)24;;;;/h1-17,23-24H;;;;. The van der Waals surface area contributed by atoms with Crippen LogP contribution in [-0.2, 0) is 0 Å². The first-order valence-corrected chi connectivity index (χ1v) is 9.01. The Morgan fingerprint density at radius 2 is 0.963 bits per heavy atom. The van der Waals surface area contributed by atoms with Gasteiger partial charge >= 0.3 is 37.7 Å². The van der Waals surface area contributed by atoms with Crippen molar-refractivity contribution in [3.05, 3.63) is 113 Å². The van der Waals surface area contributed by atoms with Gasteiger partial charge in [-0.3, -0.25) is 0 Å². The Kier molecular flexibility index (Phi) is 6.42. The van der Waals surface area contributed by atoms with Crippen molar-refractivity contribution in [1.29, 1.82) is 0 Å². The molecule has 2 unspecified atom stereocenters. The van der Waals surface area contributed by atoms with Crippen LogP contribution >= 0.6 is 0 Å². The van der Waals surface area contributed by atoms with Crippen molar-refractivity contribution < 1.29 is 0 Å².